The molecule has 0 fully saturated rings. The van der Waals surface area contributed by atoms with Crippen LogP contribution in [0.4, 0.5) is 0 Å². The van der Waals surface area contributed by atoms with Gasteiger partial charge in [0, 0.05) is 24.3 Å². The van der Waals surface area contributed by atoms with Crippen LogP contribution >= 0.6 is 36.1 Å². The number of benzene rings is 2. The summed E-state index contributed by atoms with van der Waals surface area (Å²) in [6.07, 6.45) is 35.9. The molecule has 0 saturated carbocycles. The first-order chi connectivity index (χ1) is 26.0. The molecule has 2 aromatic rings. The molecule has 2 rings (SSSR count). The van der Waals surface area contributed by atoms with Crippen molar-refractivity contribution in [2.24, 2.45) is 0 Å². The summed E-state index contributed by atoms with van der Waals surface area (Å²) in [6.45, 7) is 18.8. The summed E-state index contributed by atoms with van der Waals surface area (Å²) in [4.78, 5) is 23.0. The maximum Gasteiger partial charge on any atom is 0.0715 e. The predicted molar refractivity (Wildman–Crippen MR) is 245 cm³/mol. The standard InChI is InChI=1S/2C16H36P.C14H10O4S2/c2*1-5-9-13-17(14-10-6-2,15-11-7-3)16-12-8-4;15-13(16)9-1-5-11(6-2-9)19-20-12-7-3-10(4-8-12)14(17)18/h2*5-16H2,1-4H3;1-8H,(H,15,16)(H,17,18)/q2*+1;/p-2. The molecule has 0 saturated heterocycles. The molecule has 2 aromatic carbocycles. The van der Waals surface area contributed by atoms with E-state index in [2.05, 4.69) is 55.4 Å². The van der Waals surface area contributed by atoms with Crippen LogP contribution in [0.15, 0.2) is 58.3 Å². The topological polar surface area (TPSA) is 80.3 Å². The lowest BCUT2D eigenvalue weighted by molar-refractivity contribution is -0.256. The highest BCUT2D eigenvalue weighted by atomic mass is 33.1. The average molecular weight is 823 g/mol. The summed E-state index contributed by atoms with van der Waals surface area (Å²) in [6, 6.07) is 12.7. The molecule has 0 amide bonds. The van der Waals surface area contributed by atoms with E-state index in [0.29, 0.717) is 0 Å². The van der Waals surface area contributed by atoms with Crippen molar-refractivity contribution in [2.75, 3.05) is 49.3 Å². The molecular weight excluding hydrogens is 743 g/mol. The summed E-state index contributed by atoms with van der Waals surface area (Å²) in [5.74, 6) is -2.40. The zero-order valence-electron chi connectivity index (χ0n) is 35.9. The Labute approximate surface area is 343 Å². The normalized spacial score (nSPS) is 11.3. The summed E-state index contributed by atoms with van der Waals surface area (Å²) in [5.41, 5.74) is 0.273. The maximum atomic E-state index is 10.6. The minimum atomic E-state index is -1.20. The predicted octanol–water partition coefficient (Wildman–Crippen LogP) is 13.6. The number of aromatic carboxylic acids is 2. The Bertz CT molecular complexity index is 1020. The van der Waals surface area contributed by atoms with Gasteiger partial charge in [0.2, 0.25) is 0 Å². The average Bonchev–Trinajstić information content (AvgIpc) is 3.19. The second-order valence-electron chi connectivity index (χ2n) is 15.1. The van der Waals surface area contributed by atoms with Gasteiger partial charge in [-0.3, -0.25) is 0 Å². The summed E-state index contributed by atoms with van der Waals surface area (Å²) >= 11 is 0. The number of carbonyl (C=O) groups is 2. The Morgan fingerprint density at radius 1 is 0.389 bits per heavy atom. The van der Waals surface area contributed by atoms with E-state index < -0.39 is 26.5 Å². The zero-order chi connectivity index (χ0) is 40.5. The smallest absolute Gasteiger partial charge is 0.0715 e. The number of hydrogen-bond acceptors (Lipinski definition) is 6. The van der Waals surface area contributed by atoms with E-state index in [1.807, 2.05) is 0 Å². The fraction of sp³-hybridized carbons (Fsp3) is 0.696. The molecular formula is C46H80O4P2S2. The van der Waals surface area contributed by atoms with Crippen LogP contribution in [-0.4, -0.2) is 61.2 Å². The van der Waals surface area contributed by atoms with Gasteiger partial charge < -0.3 is 19.8 Å². The second-order valence-corrected chi connectivity index (χ2v) is 26.3. The molecule has 0 spiro atoms. The molecule has 0 radical (unpaired) electrons. The van der Waals surface area contributed by atoms with E-state index in [1.54, 1.807) is 73.6 Å². The molecule has 4 nitrogen and oxygen atoms in total. The van der Waals surface area contributed by atoms with Crippen LogP contribution in [0.3, 0.4) is 0 Å². The third-order valence-electron chi connectivity index (χ3n) is 10.3. The third kappa shape index (κ3) is 24.5. The SMILES string of the molecule is CCCC[P+](CCCC)(CCCC)CCCC.CCCC[P+](CCCC)(CCCC)CCCC.O=C([O-])c1ccc(SSc2ccc(C(=O)[O-])cc2)cc1. The van der Waals surface area contributed by atoms with Crippen molar-refractivity contribution in [2.45, 2.75) is 168 Å². The largest absolute Gasteiger partial charge is 0.545 e. The van der Waals surface area contributed by atoms with Crippen LogP contribution in [0, 0.1) is 0 Å². The molecule has 0 aliphatic rings. The number of carbonyl (C=O) groups excluding carboxylic acids is 2. The Morgan fingerprint density at radius 2 is 0.574 bits per heavy atom. The minimum Gasteiger partial charge on any atom is -0.545 e. The van der Waals surface area contributed by atoms with E-state index in [4.69, 9.17) is 0 Å². The van der Waals surface area contributed by atoms with Gasteiger partial charge in [-0.25, -0.2) is 0 Å². The van der Waals surface area contributed by atoms with Crippen LogP contribution in [-0.2, 0) is 0 Å². The van der Waals surface area contributed by atoms with Gasteiger partial charge in [-0.2, -0.15) is 0 Å². The summed E-state index contributed by atoms with van der Waals surface area (Å²) in [7, 11) is 1.77. The molecule has 54 heavy (non-hydrogen) atoms. The number of rotatable bonds is 29. The molecule has 0 unspecified atom stereocenters. The molecule has 8 heteroatoms. The first kappa shape index (κ1) is 52.9. The fourth-order valence-electron chi connectivity index (χ4n) is 6.68. The monoisotopic (exact) mass is 822 g/mol. The molecule has 310 valence electrons. The van der Waals surface area contributed by atoms with Crippen molar-refractivity contribution < 1.29 is 19.8 Å². The second kappa shape index (κ2) is 34.0. The highest BCUT2D eigenvalue weighted by molar-refractivity contribution is 8.76. The van der Waals surface area contributed by atoms with Gasteiger partial charge in [-0.15, -0.1) is 0 Å². The van der Waals surface area contributed by atoms with Crippen molar-refractivity contribution in [3.05, 3.63) is 59.7 Å². The van der Waals surface area contributed by atoms with Crippen LogP contribution in [0.5, 0.6) is 0 Å². The molecule has 0 N–H and O–H groups in total. The van der Waals surface area contributed by atoms with E-state index in [0.717, 1.165) is 9.79 Å². The lowest BCUT2D eigenvalue weighted by atomic mass is 10.2. The Kier molecular flexibility index (Phi) is 33.4. The molecule has 0 aliphatic carbocycles. The highest BCUT2D eigenvalue weighted by Crippen LogP contribution is 2.62. The van der Waals surface area contributed by atoms with E-state index in [1.165, 1.54) is 149 Å². The number of hydrogen-bond donors (Lipinski definition) is 0. The zero-order valence-corrected chi connectivity index (χ0v) is 39.4. The minimum absolute atomic E-state index is 0.137. The lowest BCUT2D eigenvalue weighted by Crippen LogP contribution is -2.21. The maximum absolute atomic E-state index is 10.6. The van der Waals surface area contributed by atoms with Gasteiger partial charge in [0.1, 0.15) is 0 Å². The van der Waals surface area contributed by atoms with Crippen LogP contribution < -0.4 is 10.2 Å². The van der Waals surface area contributed by atoms with Gasteiger partial charge in [0.25, 0.3) is 0 Å². The van der Waals surface area contributed by atoms with Gasteiger partial charge in [-0.05, 0) is 86.8 Å². The van der Waals surface area contributed by atoms with Gasteiger partial charge in [0.05, 0.1) is 61.2 Å². The summed E-state index contributed by atoms with van der Waals surface area (Å²) in [5, 5.41) is 21.2. The Morgan fingerprint density at radius 3 is 0.722 bits per heavy atom. The number of carboxylic acid groups (broad SMARTS) is 2. The van der Waals surface area contributed by atoms with E-state index >= 15 is 0 Å². The Hall–Kier alpha value is -1.06. The van der Waals surface area contributed by atoms with Crippen molar-refractivity contribution in [3.63, 3.8) is 0 Å². The van der Waals surface area contributed by atoms with Crippen LogP contribution in [0.25, 0.3) is 0 Å². The fourth-order valence-corrected chi connectivity index (χ4v) is 19.2. The molecule has 0 aromatic heterocycles. The number of carboxylic acids is 2. The van der Waals surface area contributed by atoms with Gasteiger partial charge in [0.15, 0.2) is 0 Å². The summed E-state index contributed by atoms with van der Waals surface area (Å²) < 4.78 is 0. The van der Waals surface area contributed by atoms with Crippen molar-refractivity contribution in [1.29, 1.82) is 0 Å². The number of unbranched alkanes of at least 4 members (excludes halogenated alkanes) is 8. The highest BCUT2D eigenvalue weighted by Gasteiger charge is 2.35. The molecule has 0 bridgehead atoms. The van der Waals surface area contributed by atoms with Crippen molar-refractivity contribution >= 4 is 48.1 Å². The van der Waals surface area contributed by atoms with Crippen LogP contribution in [0.2, 0.25) is 0 Å². The van der Waals surface area contributed by atoms with Crippen molar-refractivity contribution in [1.82, 2.24) is 0 Å². The third-order valence-corrected chi connectivity index (χ3v) is 22.8. The lowest BCUT2D eigenvalue weighted by Gasteiger charge is -2.28. The van der Waals surface area contributed by atoms with E-state index in [-0.39, 0.29) is 11.1 Å². The van der Waals surface area contributed by atoms with Crippen molar-refractivity contribution in [3.8, 4) is 0 Å². The van der Waals surface area contributed by atoms with Gasteiger partial charge in [-0.1, -0.05) is 153 Å². The molecule has 0 heterocycles. The van der Waals surface area contributed by atoms with E-state index in [9.17, 15) is 19.8 Å². The van der Waals surface area contributed by atoms with Gasteiger partial charge >= 0.3 is 0 Å². The quantitative estimate of drug-likeness (QED) is 0.0600. The molecule has 0 atom stereocenters. The molecule has 0 aliphatic heterocycles. The first-order valence-corrected chi connectivity index (χ1v) is 28.9. The first-order valence-electron chi connectivity index (χ1n) is 21.7. The van der Waals surface area contributed by atoms with Crippen LogP contribution in [0.1, 0.15) is 179 Å². The Balaban J connectivity index is 0.000000786.